The molecule has 0 aliphatic heterocycles. The van der Waals surface area contributed by atoms with E-state index in [-0.39, 0.29) is 5.69 Å². The van der Waals surface area contributed by atoms with Crippen LogP contribution in [-0.2, 0) is 6.18 Å². The highest BCUT2D eigenvalue weighted by Gasteiger charge is 2.30. The standard InChI is InChI=1S/C11H8F3N3/c12-11(13,14)7-1-4-17-10(5-7)8-6-16-3-2-9(8)15/h1-6H,(H2,15,16). The second-order valence-corrected chi connectivity index (χ2v) is 3.39. The van der Waals surface area contributed by atoms with Crippen LogP contribution in [0.3, 0.4) is 0 Å². The fourth-order valence-corrected chi connectivity index (χ4v) is 1.37. The quantitative estimate of drug-likeness (QED) is 0.832. The fraction of sp³-hybridized carbons (Fsp3) is 0.0909. The van der Waals surface area contributed by atoms with Gasteiger partial charge in [0.15, 0.2) is 0 Å². The van der Waals surface area contributed by atoms with Crippen molar-refractivity contribution in [2.75, 3.05) is 5.73 Å². The van der Waals surface area contributed by atoms with E-state index in [0.717, 1.165) is 18.3 Å². The molecule has 2 N–H and O–H groups in total. The number of halogens is 3. The van der Waals surface area contributed by atoms with Gasteiger partial charge in [-0.15, -0.1) is 0 Å². The van der Waals surface area contributed by atoms with Crippen molar-refractivity contribution < 1.29 is 13.2 Å². The number of nitrogen functional groups attached to an aromatic ring is 1. The molecule has 2 heterocycles. The first-order valence-electron chi connectivity index (χ1n) is 4.71. The maximum absolute atomic E-state index is 12.5. The molecule has 2 aromatic rings. The Balaban J connectivity index is 2.51. The molecular formula is C11H8F3N3. The Bertz CT molecular complexity index is 537. The lowest BCUT2D eigenvalue weighted by molar-refractivity contribution is -0.137. The van der Waals surface area contributed by atoms with Crippen LogP contribution in [0.4, 0.5) is 18.9 Å². The molecule has 0 aliphatic rings. The predicted molar refractivity (Wildman–Crippen MR) is 56.9 cm³/mol. The Hall–Kier alpha value is -2.11. The minimum atomic E-state index is -4.39. The number of hydrogen-bond acceptors (Lipinski definition) is 3. The summed E-state index contributed by atoms with van der Waals surface area (Å²) in [6.45, 7) is 0. The van der Waals surface area contributed by atoms with Gasteiger partial charge in [-0.05, 0) is 18.2 Å². The summed E-state index contributed by atoms with van der Waals surface area (Å²) in [5, 5.41) is 0. The van der Waals surface area contributed by atoms with Gasteiger partial charge in [0.05, 0.1) is 11.3 Å². The van der Waals surface area contributed by atoms with Crippen molar-refractivity contribution in [3.8, 4) is 11.3 Å². The van der Waals surface area contributed by atoms with Gasteiger partial charge in [-0.25, -0.2) is 0 Å². The van der Waals surface area contributed by atoms with Gasteiger partial charge < -0.3 is 5.73 Å². The van der Waals surface area contributed by atoms with E-state index in [1.54, 1.807) is 0 Å². The van der Waals surface area contributed by atoms with Crippen molar-refractivity contribution in [1.82, 2.24) is 9.97 Å². The van der Waals surface area contributed by atoms with Gasteiger partial charge >= 0.3 is 6.18 Å². The third kappa shape index (κ3) is 2.35. The first-order valence-corrected chi connectivity index (χ1v) is 4.71. The first-order chi connectivity index (χ1) is 7.98. The molecule has 0 amide bonds. The van der Waals surface area contributed by atoms with Crippen molar-refractivity contribution in [2.45, 2.75) is 6.18 Å². The predicted octanol–water partition coefficient (Wildman–Crippen LogP) is 2.74. The van der Waals surface area contributed by atoms with Gasteiger partial charge in [-0.1, -0.05) is 0 Å². The number of nitrogens with zero attached hydrogens (tertiary/aromatic N) is 2. The van der Waals surface area contributed by atoms with E-state index < -0.39 is 11.7 Å². The van der Waals surface area contributed by atoms with Crippen molar-refractivity contribution in [2.24, 2.45) is 0 Å². The lowest BCUT2D eigenvalue weighted by atomic mass is 10.1. The lowest BCUT2D eigenvalue weighted by Crippen LogP contribution is -2.05. The van der Waals surface area contributed by atoms with Crippen molar-refractivity contribution in [1.29, 1.82) is 0 Å². The molecule has 0 fully saturated rings. The minimum absolute atomic E-state index is 0.158. The molecule has 2 aromatic heterocycles. The molecule has 3 nitrogen and oxygen atoms in total. The average molecular weight is 239 g/mol. The van der Waals surface area contributed by atoms with E-state index >= 15 is 0 Å². The summed E-state index contributed by atoms with van der Waals surface area (Å²) in [5.41, 5.74) is 5.78. The van der Waals surface area contributed by atoms with Crippen LogP contribution in [0.5, 0.6) is 0 Å². The molecule has 88 valence electrons. The van der Waals surface area contributed by atoms with Crippen molar-refractivity contribution >= 4 is 5.69 Å². The van der Waals surface area contributed by atoms with Gasteiger partial charge in [-0.2, -0.15) is 13.2 Å². The molecule has 0 bridgehead atoms. The summed E-state index contributed by atoms with van der Waals surface area (Å²) in [4.78, 5) is 7.68. The summed E-state index contributed by atoms with van der Waals surface area (Å²) in [6.07, 6.45) is -0.441. The highest BCUT2D eigenvalue weighted by molar-refractivity contribution is 5.72. The largest absolute Gasteiger partial charge is 0.416 e. The van der Waals surface area contributed by atoms with Crippen LogP contribution in [-0.4, -0.2) is 9.97 Å². The maximum Gasteiger partial charge on any atom is 0.416 e. The first kappa shape index (κ1) is 11.4. The SMILES string of the molecule is Nc1ccncc1-c1cc(C(F)(F)F)ccn1. The highest BCUT2D eigenvalue weighted by Crippen LogP contribution is 2.32. The zero-order valence-electron chi connectivity index (χ0n) is 8.57. The Kier molecular flexibility index (Phi) is 2.71. The van der Waals surface area contributed by atoms with Crippen LogP contribution < -0.4 is 5.73 Å². The van der Waals surface area contributed by atoms with Crippen LogP contribution in [0, 0.1) is 0 Å². The smallest absolute Gasteiger partial charge is 0.398 e. The molecule has 0 aromatic carbocycles. The number of hydrogen-bond donors (Lipinski definition) is 1. The van der Waals surface area contributed by atoms with Crippen LogP contribution >= 0.6 is 0 Å². The number of alkyl halides is 3. The minimum Gasteiger partial charge on any atom is -0.398 e. The fourth-order valence-electron chi connectivity index (χ4n) is 1.37. The highest BCUT2D eigenvalue weighted by atomic mass is 19.4. The molecule has 0 radical (unpaired) electrons. The molecule has 0 saturated carbocycles. The summed E-state index contributed by atoms with van der Waals surface area (Å²) < 4.78 is 37.5. The van der Waals surface area contributed by atoms with Crippen LogP contribution in [0.2, 0.25) is 0 Å². The van der Waals surface area contributed by atoms with E-state index in [1.165, 1.54) is 18.5 Å². The zero-order chi connectivity index (χ0) is 12.5. The van der Waals surface area contributed by atoms with Gasteiger partial charge in [-0.3, -0.25) is 9.97 Å². The van der Waals surface area contributed by atoms with Crippen LogP contribution in [0.15, 0.2) is 36.8 Å². The summed E-state index contributed by atoms with van der Waals surface area (Å²) >= 11 is 0. The van der Waals surface area contributed by atoms with E-state index in [2.05, 4.69) is 9.97 Å². The molecular weight excluding hydrogens is 231 g/mol. The summed E-state index contributed by atoms with van der Waals surface area (Å²) in [6, 6.07) is 3.38. The third-order valence-electron chi connectivity index (χ3n) is 2.22. The molecule has 0 saturated heterocycles. The van der Waals surface area contributed by atoms with E-state index in [4.69, 9.17) is 5.73 Å². The summed E-state index contributed by atoms with van der Waals surface area (Å²) in [7, 11) is 0. The Morgan fingerprint density at radius 1 is 1.12 bits per heavy atom. The summed E-state index contributed by atoms with van der Waals surface area (Å²) in [5.74, 6) is 0. The molecule has 2 rings (SSSR count). The normalized spacial score (nSPS) is 11.5. The van der Waals surface area contributed by atoms with Crippen LogP contribution in [0.25, 0.3) is 11.3 Å². The topological polar surface area (TPSA) is 51.8 Å². The molecule has 0 atom stereocenters. The molecule has 0 spiro atoms. The van der Waals surface area contributed by atoms with E-state index in [0.29, 0.717) is 11.3 Å². The number of pyridine rings is 2. The number of nitrogens with two attached hydrogens (primary N) is 1. The number of rotatable bonds is 1. The lowest BCUT2D eigenvalue weighted by Gasteiger charge is -2.09. The van der Waals surface area contributed by atoms with E-state index in [1.807, 2.05) is 0 Å². The Labute approximate surface area is 95.1 Å². The monoisotopic (exact) mass is 239 g/mol. The second kappa shape index (κ2) is 4.04. The van der Waals surface area contributed by atoms with Crippen LogP contribution in [0.1, 0.15) is 5.56 Å². The Morgan fingerprint density at radius 2 is 1.88 bits per heavy atom. The van der Waals surface area contributed by atoms with Gasteiger partial charge in [0.1, 0.15) is 0 Å². The molecule has 0 aliphatic carbocycles. The zero-order valence-corrected chi connectivity index (χ0v) is 8.57. The maximum atomic E-state index is 12.5. The van der Waals surface area contributed by atoms with Crippen molar-refractivity contribution in [3.63, 3.8) is 0 Å². The Morgan fingerprint density at radius 3 is 2.53 bits per heavy atom. The number of aromatic nitrogens is 2. The average Bonchev–Trinajstić information content (AvgIpc) is 2.29. The number of anilines is 1. The molecule has 0 unspecified atom stereocenters. The molecule has 6 heteroatoms. The third-order valence-corrected chi connectivity index (χ3v) is 2.22. The van der Waals surface area contributed by atoms with Gasteiger partial charge in [0.2, 0.25) is 0 Å². The second-order valence-electron chi connectivity index (χ2n) is 3.39. The van der Waals surface area contributed by atoms with E-state index in [9.17, 15) is 13.2 Å². The van der Waals surface area contributed by atoms with Crippen molar-refractivity contribution in [3.05, 3.63) is 42.4 Å². The van der Waals surface area contributed by atoms with Gasteiger partial charge in [0, 0.05) is 29.8 Å². The molecule has 17 heavy (non-hydrogen) atoms. The van der Waals surface area contributed by atoms with Gasteiger partial charge in [0.25, 0.3) is 0 Å².